The molecule has 1 aromatic carbocycles. The van der Waals surface area contributed by atoms with Gasteiger partial charge in [0.1, 0.15) is 0 Å². The Morgan fingerprint density at radius 2 is 1.75 bits per heavy atom. The SMILES string of the molecule is Cc1cc(S(=O)(=O)NC2CCC(N)CC2)c(C)cc1Br. The van der Waals surface area contributed by atoms with Gasteiger partial charge in [-0.3, -0.25) is 0 Å². The van der Waals surface area contributed by atoms with Gasteiger partial charge in [0, 0.05) is 16.6 Å². The summed E-state index contributed by atoms with van der Waals surface area (Å²) in [5.41, 5.74) is 7.52. The predicted molar refractivity (Wildman–Crippen MR) is 84.2 cm³/mol. The second-order valence-electron chi connectivity index (χ2n) is 5.60. The van der Waals surface area contributed by atoms with Crippen molar-refractivity contribution in [2.24, 2.45) is 5.73 Å². The Morgan fingerprint density at radius 1 is 1.15 bits per heavy atom. The number of nitrogens with one attached hydrogen (secondary N) is 1. The molecule has 0 amide bonds. The highest BCUT2D eigenvalue weighted by Crippen LogP contribution is 2.25. The number of nitrogens with two attached hydrogens (primary N) is 1. The van der Waals surface area contributed by atoms with Gasteiger partial charge in [0.25, 0.3) is 0 Å². The first-order valence-corrected chi connectivity index (χ1v) is 9.12. The Morgan fingerprint density at radius 3 is 2.35 bits per heavy atom. The van der Waals surface area contributed by atoms with Crippen molar-refractivity contribution < 1.29 is 8.42 Å². The number of hydrogen-bond acceptors (Lipinski definition) is 3. The van der Waals surface area contributed by atoms with E-state index >= 15 is 0 Å². The fourth-order valence-electron chi connectivity index (χ4n) is 2.56. The van der Waals surface area contributed by atoms with E-state index in [4.69, 9.17) is 5.73 Å². The highest BCUT2D eigenvalue weighted by Gasteiger charge is 2.25. The molecule has 1 fully saturated rings. The van der Waals surface area contributed by atoms with Crippen molar-refractivity contribution in [3.05, 3.63) is 27.7 Å². The Kier molecular flexibility index (Phi) is 4.89. The average molecular weight is 361 g/mol. The smallest absolute Gasteiger partial charge is 0.241 e. The van der Waals surface area contributed by atoms with E-state index in [2.05, 4.69) is 20.7 Å². The second-order valence-corrected chi connectivity index (χ2v) is 8.14. The topological polar surface area (TPSA) is 72.2 Å². The fraction of sp³-hybridized carbons (Fsp3) is 0.571. The largest absolute Gasteiger partial charge is 0.328 e. The molecule has 1 aromatic rings. The molecular formula is C14H21BrN2O2S. The summed E-state index contributed by atoms with van der Waals surface area (Å²) in [6, 6.07) is 3.78. The first-order valence-electron chi connectivity index (χ1n) is 6.84. The van der Waals surface area contributed by atoms with Crippen LogP contribution in [0.15, 0.2) is 21.5 Å². The van der Waals surface area contributed by atoms with E-state index in [0.717, 1.165) is 41.3 Å². The van der Waals surface area contributed by atoms with Gasteiger partial charge < -0.3 is 5.73 Å². The van der Waals surface area contributed by atoms with E-state index in [1.165, 1.54) is 0 Å². The third-order valence-corrected chi connectivity index (χ3v) is 6.36. The summed E-state index contributed by atoms with van der Waals surface area (Å²) >= 11 is 3.42. The van der Waals surface area contributed by atoms with Crippen LogP contribution >= 0.6 is 15.9 Å². The molecule has 112 valence electrons. The number of benzene rings is 1. The van der Waals surface area contributed by atoms with Crippen molar-refractivity contribution in [2.75, 3.05) is 0 Å². The number of sulfonamides is 1. The van der Waals surface area contributed by atoms with Crippen molar-refractivity contribution in [3.63, 3.8) is 0 Å². The third kappa shape index (κ3) is 3.61. The third-order valence-electron chi connectivity index (χ3n) is 3.84. The van der Waals surface area contributed by atoms with Crippen LogP contribution in [-0.4, -0.2) is 20.5 Å². The van der Waals surface area contributed by atoms with Crippen molar-refractivity contribution >= 4 is 26.0 Å². The van der Waals surface area contributed by atoms with Gasteiger partial charge in [0.15, 0.2) is 0 Å². The van der Waals surface area contributed by atoms with Crippen LogP contribution in [0, 0.1) is 13.8 Å². The summed E-state index contributed by atoms with van der Waals surface area (Å²) in [5.74, 6) is 0. The normalized spacial score (nSPS) is 23.8. The molecule has 0 atom stereocenters. The number of aryl methyl sites for hydroxylation is 2. The molecule has 1 aliphatic rings. The van der Waals surface area contributed by atoms with E-state index in [-0.39, 0.29) is 12.1 Å². The Labute approximate surface area is 129 Å². The molecule has 1 saturated carbocycles. The van der Waals surface area contributed by atoms with Crippen LogP contribution in [-0.2, 0) is 10.0 Å². The molecule has 4 nitrogen and oxygen atoms in total. The van der Waals surface area contributed by atoms with Crippen LogP contribution in [0.4, 0.5) is 0 Å². The molecule has 6 heteroatoms. The lowest BCUT2D eigenvalue weighted by atomic mass is 9.93. The molecule has 2 rings (SSSR count). The van der Waals surface area contributed by atoms with Gasteiger partial charge in [-0.2, -0.15) is 0 Å². The van der Waals surface area contributed by atoms with E-state index in [0.29, 0.717) is 4.90 Å². The van der Waals surface area contributed by atoms with Crippen LogP contribution in [0.1, 0.15) is 36.8 Å². The molecule has 0 bridgehead atoms. The van der Waals surface area contributed by atoms with Gasteiger partial charge in [-0.15, -0.1) is 0 Å². The zero-order chi connectivity index (χ0) is 14.9. The van der Waals surface area contributed by atoms with Crippen molar-refractivity contribution in [1.29, 1.82) is 0 Å². The zero-order valence-corrected chi connectivity index (χ0v) is 14.2. The van der Waals surface area contributed by atoms with E-state index in [1.807, 2.05) is 19.9 Å². The maximum absolute atomic E-state index is 12.5. The van der Waals surface area contributed by atoms with Crippen molar-refractivity contribution in [3.8, 4) is 0 Å². The molecule has 3 N–H and O–H groups in total. The Bertz CT molecular complexity index is 593. The molecular weight excluding hydrogens is 340 g/mol. The Balaban J connectivity index is 2.20. The minimum atomic E-state index is -3.46. The summed E-state index contributed by atoms with van der Waals surface area (Å²) in [5, 5.41) is 0. The standard InChI is InChI=1S/C14H21BrN2O2S/c1-9-8-14(10(2)7-13(9)15)20(18,19)17-12-5-3-11(16)4-6-12/h7-8,11-12,17H,3-6,16H2,1-2H3. The molecule has 0 heterocycles. The van der Waals surface area contributed by atoms with Crippen LogP contribution < -0.4 is 10.5 Å². The van der Waals surface area contributed by atoms with E-state index in [9.17, 15) is 8.42 Å². The van der Waals surface area contributed by atoms with Crippen LogP contribution in [0.5, 0.6) is 0 Å². The monoisotopic (exact) mass is 360 g/mol. The lowest BCUT2D eigenvalue weighted by Gasteiger charge is -2.27. The van der Waals surface area contributed by atoms with E-state index < -0.39 is 10.0 Å². The average Bonchev–Trinajstić information content (AvgIpc) is 2.36. The summed E-state index contributed by atoms with van der Waals surface area (Å²) in [6.45, 7) is 3.71. The van der Waals surface area contributed by atoms with Crippen LogP contribution in [0.25, 0.3) is 0 Å². The van der Waals surface area contributed by atoms with Gasteiger partial charge in [0.05, 0.1) is 4.90 Å². The van der Waals surface area contributed by atoms with Gasteiger partial charge in [-0.25, -0.2) is 13.1 Å². The van der Waals surface area contributed by atoms with Gasteiger partial charge in [0.2, 0.25) is 10.0 Å². The quantitative estimate of drug-likeness (QED) is 0.869. The molecule has 0 aromatic heterocycles. The first-order chi connectivity index (χ1) is 9.29. The van der Waals surface area contributed by atoms with Crippen LogP contribution in [0.2, 0.25) is 0 Å². The number of halogens is 1. The van der Waals surface area contributed by atoms with Gasteiger partial charge in [-0.05, 0) is 62.8 Å². The molecule has 1 aliphatic carbocycles. The fourth-order valence-corrected chi connectivity index (χ4v) is 4.64. The summed E-state index contributed by atoms with van der Waals surface area (Å²) in [4.78, 5) is 0.369. The molecule has 0 unspecified atom stereocenters. The first kappa shape index (κ1) is 15.9. The summed E-state index contributed by atoms with van der Waals surface area (Å²) < 4.78 is 28.8. The minimum absolute atomic E-state index is 0.00292. The number of rotatable bonds is 3. The van der Waals surface area contributed by atoms with Crippen molar-refractivity contribution in [2.45, 2.75) is 56.5 Å². The molecule has 0 saturated heterocycles. The molecule has 20 heavy (non-hydrogen) atoms. The molecule has 0 radical (unpaired) electrons. The summed E-state index contributed by atoms with van der Waals surface area (Å²) in [6.07, 6.45) is 3.39. The molecule has 0 spiro atoms. The lowest BCUT2D eigenvalue weighted by molar-refractivity contribution is 0.373. The maximum atomic E-state index is 12.5. The minimum Gasteiger partial charge on any atom is -0.328 e. The predicted octanol–water partition coefficient (Wildman–Crippen LogP) is 2.61. The van der Waals surface area contributed by atoms with Crippen molar-refractivity contribution in [1.82, 2.24) is 4.72 Å². The summed E-state index contributed by atoms with van der Waals surface area (Å²) in [7, 11) is -3.46. The Hall–Kier alpha value is -0.430. The number of hydrogen-bond donors (Lipinski definition) is 2. The highest BCUT2D eigenvalue weighted by molar-refractivity contribution is 9.10. The van der Waals surface area contributed by atoms with Crippen LogP contribution in [0.3, 0.4) is 0 Å². The zero-order valence-electron chi connectivity index (χ0n) is 11.8. The lowest BCUT2D eigenvalue weighted by Crippen LogP contribution is -2.40. The van der Waals surface area contributed by atoms with Gasteiger partial charge in [-0.1, -0.05) is 15.9 Å². The highest BCUT2D eigenvalue weighted by atomic mass is 79.9. The second kappa shape index (κ2) is 6.13. The maximum Gasteiger partial charge on any atom is 0.241 e. The van der Waals surface area contributed by atoms with Gasteiger partial charge >= 0.3 is 0 Å². The van der Waals surface area contributed by atoms with E-state index in [1.54, 1.807) is 6.07 Å². The molecule has 0 aliphatic heterocycles.